The molecule has 3 rings (SSSR count). The van der Waals surface area contributed by atoms with Gasteiger partial charge in [-0.05, 0) is 37.1 Å². The minimum absolute atomic E-state index is 0.683. The maximum absolute atomic E-state index is 6.06. The van der Waals surface area contributed by atoms with Crippen LogP contribution in [-0.2, 0) is 6.42 Å². The van der Waals surface area contributed by atoms with Gasteiger partial charge in [-0.15, -0.1) is 11.3 Å². The van der Waals surface area contributed by atoms with Crippen molar-refractivity contribution in [3.63, 3.8) is 0 Å². The minimum Gasteiger partial charge on any atom is -0.494 e. The van der Waals surface area contributed by atoms with E-state index in [-0.39, 0.29) is 0 Å². The van der Waals surface area contributed by atoms with E-state index in [4.69, 9.17) is 10.5 Å². The summed E-state index contributed by atoms with van der Waals surface area (Å²) in [7, 11) is 0. The molecule has 21 heavy (non-hydrogen) atoms. The molecule has 0 spiro atoms. The van der Waals surface area contributed by atoms with Gasteiger partial charge in [0.1, 0.15) is 11.6 Å². The number of benzene rings is 1. The lowest BCUT2D eigenvalue weighted by atomic mass is 10.1. The van der Waals surface area contributed by atoms with Crippen molar-refractivity contribution in [3.8, 4) is 17.0 Å². The number of thiazole rings is 1. The molecule has 110 valence electrons. The number of nitrogens with two attached hydrogens (primary N) is 1. The van der Waals surface area contributed by atoms with E-state index >= 15 is 0 Å². The average molecular weight is 301 g/mol. The fourth-order valence-corrected chi connectivity index (χ4v) is 3.45. The summed E-state index contributed by atoms with van der Waals surface area (Å²) in [5.41, 5.74) is 8.35. The van der Waals surface area contributed by atoms with Crippen molar-refractivity contribution in [2.75, 3.05) is 12.3 Å². The highest BCUT2D eigenvalue weighted by atomic mass is 32.1. The van der Waals surface area contributed by atoms with E-state index in [1.54, 1.807) is 17.5 Å². The van der Waals surface area contributed by atoms with E-state index in [2.05, 4.69) is 31.0 Å². The van der Waals surface area contributed by atoms with E-state index < -0.39 is 0 Å². The zero-order chi connectivity index (χ0) is 14.8. The Hall–Kier alpha value is -2.01. The maximum Gasteiger partial charge on any atom is 0.196 e. The van der Waals surface area contributed by atoms with Crippen LogP contribution in [0.3, 0.4) is 0 Å². The Kier molecular flexibility index (Phi) is 3.84. The van der Waals surface area contributed by atoms with E-state index in [0.717, 1.165) is 41.4 Å². The quantitative estimate of drug-likeness (QED) is 0.775. The molecule has 0 radical (unpaired) electrons. The highest BCUT2D eigenvalue weighted by Gasteiger charge is 2.15. The number of rotatable bonds is 5. The number of hydrogen-bond donors (Lipinski definition) is 1. The first kappa shape index (κ1) is 13.9. The first-order chi connectivity index (χ1) is 10.2. The van der Waals surface area contributed by atoms with Gasteiger partial charge in [0.25, 0.3) is 0 Å². The second-order valence-electron chi connectivity index (χ2n) is 4.90. The molecule has 0 amide bonds. The van der Waals surface area contributed by atoms with Crippen molar-refractivity contribution in [1.82, 2.24) is 9.38 Å². The molecule has 0 fully saturated rings. The lowest BCUT2D eigenvalue weighted by Crippen LogP contribution is -1.96. The number of hydrogen-bond acceptors (Lipinski definition) is 4. The lowest BCUT2D eigenvalue weighted by molar-refractivity contribution is 0.317. The highest BCUT2D eigenvalue weighted by molar-refractivity contribution is 7.17. The summed E-state index contributed by atoms with van der Waals surface area (Å²) in [6.45, 7) is 5.01. The first-order valence-corrected chi connectivity index (χ1v) is 8.04. The molecule has 1 aromatic carbocycles. The van der Waals surface area contributed by atoms with Gasteiger partial charge in [0, 0.05) is 10.4 Å². The molecular weight excluding hydrogens is 282 g/mol. The summed E-state index contributed by atoms with van der Waals surface area (Å²) < 4.78 is 7.67. The molecule has 5 heteroatoms. The smallest absolute Gasteiger partial charge is 0.196 e. The monoisotopic (exact) mass is 301 g/mol. The molecule has 0 saturated carbocycles. The molecule has 0 aliphatic heterocycles. The molecule has 0 atom stereocenters. The van der Waals surface area contributed by atoms with Crippen LogP contribution in [0.2, 0.25) is 0 Å². The number of aryl methyl sites for hydroxylation is 1. The maximum atomic E-state index is 6.06. The second kappa shape index (κ2) is 5.77. The van der Waals surface area contributed by atoms with Gasteiger partial charge in [-0.25, -0.2) is 4.98 Å². The van der Waals surface area contributed by atoms with Gasteiger partial charge in [-0.2, -0.15) is 0 Å². The molecule has 2 N–H and O–H groups in total. The van der Waals surface area contributed by atoms with Crippen molar-refractivity contribution < 1.29 is 4.74 Å². The van der Waals surface area contributed by atoms with Crippen molar-refractivity contribution in [2.24, 2.45) is 0 Å². The van der Waals surface area contributed by atoms with Gasteiger partial charge in [-0.3, -0.25) is 4.40 Å². The second-order valence-corrected chi connectivity index (χ2v) is 5.96. The molecule has 2 aromatic heterocycles. The summed E-state index contributed by atoms with van der Waals surface area (Å²) in [6.07, 6.45) is 3.70. The van der Waals surface area contributed by atoms with Crippen molar-refractivity contribution in [3.05, 3.63) is 35.3 Å². The summed E-state index contributed by atoms with van der Waals surface area (Å²) in [5.74, 6) is 1.59. The van der Waals surface area contributed by atoms with E-state index in [1.165, 1.54) is 4.88 Å². The van der Waals surface area contributed by atoms with Crippen LogP contribution in [0.4, 0.5) is 5.82 Å². The van der Waals surface area contributed by atoms with Crippen molar-refractivity contribution >= 4 is 22.1 Å². The van der Waals surface area contributed by atoms with Crippen LogP contribution in [0.15, 0.2) is 30.5 Å². The Morgan fingerprint density at radius 1 is 1.24 bits per heavy atom. The molecule has 0 bridgehead atoms. The van der Waals surface area contributed by atoms with Crippen molar-refractivity contribution in [2.45, 2.75) is 26.7 Å². The Morgan fingerprint density at radius 2 is 2.00 bits per heavy atom. The number of imidazole rings is 1. The fourth-order valence-electron chi connectivity index (χ4n) is 2.39. The third-order valence-electron chi connectivity index (χ3n) is 3.38. The van der Waals surface area contributed by atoms with Crippen LogP contribution in [0, 0.1) is 0 Å². The number of anilines is 1. The molecule has 2 heterocycles. The molecule has 0 aliphatic carbocycles. The van der Waals surface area contributed by atoms with Gasteiger partial charge in [-0.1, -0.05) is 13.8 Å². The standard InChI is InChI=1S/C16H19N3OS/c1-3-9-20-12-7-5-11(6-8-12)15-13(4-2)21-16-18-10-14(17)19(15)16/h5-8,10H,3-4,9,17H2,1-2H3. The summed E-state index contributed by atoms with van der Waals surface area (Å²) in [5, 5.41) is 0. The Labute approximate surface area is 128 Å². The number of nitrogens with zero attached hydrogens (tertiary/aromatic N) is 2. The van der Waals surface area contributed by atoms with Crippen molar-refractivity contribution in [1.29, 1.82) is 0 Å². The van der Waals surface area contributed by atoms with Crippen LogP contribution in [0.1, 0.15) is 25.1 Å². The van der Waals surface area contributed by atoms with Crippen LogP contribution >= 0.6 is 11.3 Å². The number of fused-ring (bicyclic) bond motifs is 1. The van der Waals surface area contributed by atoms with Gasteiger partial charge in [0.15, 0.2) is 4.96 Å². The van der Waals surface area contributed by atoms with Gasteiger partial charge in [0.05, 0.1) is 18.5 Å². The van der Waals surface area contributed by atoms with E-state index in [9.17, 15) is 0 Å². The average Bonchev–Trinajstić information content (AvgIpc) is 3.05. The zero-order valence-corrected chi connectivity index (χ0v) is 13.1. The van der Waals surface area contributed by atoms with Crippen LogP contribution in [-0.4, -0.2) is 16.0 Å². The minimum atomic E-state index is 0.683. The zero-order valence-electron chi connectivity index (χ0n) is 12.3. The lowest BCUT2D eigenvalue weighted by Gasteiger charge is -2.08. The summed E-state index contributed by atoms with van der Waals surface area (Å²) in [4.78, 5) is 6.61. The van der Waals surface area contributed by atoms with Gasteiger partial charge >= 0.3 is 0 Å². The predicted octanol–water partition coefficient (Wildman–Crippen LogP) is 4.00. The number of ether oxygens (including phenoxy) is 1. The van der Waals surface area contributed by atoms with Gasteiger partial charge in [0.2, 0.25) is 0 Å². The van der Waals surface area contributed by atoms with E-state index in [1.807, 2.05) is 16.5 Å². The molecular formula is C16H19N3OS. The fraction of sp³-hybridized carbons (Fsp3) is 0.312. The van der Waals surface area contributed by atoms with Crippen LogP contribution < -0.4 is 10.5 Å². The third kappa shape index (κ3) is 2.49. The predicted molar refractivity (Wildman–Crippen MR) is 88.1 cm³/mol. The van der Waals surface area contributed by atoms with Gasteiger partial charge < -0.3 is 10.5 Å². The Morgan fingerprint density at radius 3 is 2.67 bits per heavy atom. The Balaban J connectivity index is 2.04. The molecule has 0 unspecified atom stereocenters. The third-order valence-corrected chi connectivity index (χ3v) is 4.58. The normalized spacial score (nSPS) is 11.1. The topological polar surface area (TPSA) is 52.5 Å². The Bertz CT molecular complexity index is 743. The molecule has 4 nitrogen and oxygen atoms in total. The first-order valence-electron chi connectivity index (χ1n) is 7.22. The molecule has 3 aromatic rings. The largest absolute Gasteiger partial charge is 0.494 e. The number of nitrogen functional groups attached to an aromatic ring is 1. The highest BCUT2D eigenvalue weighted by Crippen LogP contribution is 2.34. The molecule has 0 saturated heterocycles. The SMILES string of the molecule is CCCOc1ccc(-c2c(CC)sc3ncc(N)n23)cc1. The van der Waals surface area contributed by atoms with Crippen LogP contribution in [0.25, 0.3) is 16.2 Å². The summed E-state index contributed by atoms with van der Waals surface area (Å²) in [6, 6.07) is 8.21. The summed E-state index contributed by atoms with van der Waals surface area (Å²) >= 11 is 1.70. The van der Waals surface area contributed by atoms with E-state index in [0.29, 0.717) is 5.82 Å². The molecule has 0 aliphatic rings. The number of aromatic nitrogens is 2. The van der Waals surface area contributed by atoms with Crippen LogP contribution in [0.5, 0.6) is 5.75 Å².